The molecule has 2 N–H and O–H groups in total. The van der Waals surface area contributed by atoms with Crippen molar-refractivity contribution in [2.75, 3.05) is 5.32 Å². The van der Waals surface area contributed by atoms with Gasteiger partial charge in [0.2, 0.25) is 5.91 Å². The maximum absolute atomic E-state index is 12.3. The molecule has 2 rings (SSSR count). The number of rotatable bonds is 7. The maximum Gasteiger partial charge on any atom is 0.265 e. The molecule has 134 valence electrons. The number of benzene rings is 2. The Balaban J connectivity index is 1.91. The number of ether oxygens (including phenoxy) is 1. The van der Waals surface area contributed by atoms with Crippen molar-refractivity contribution in [3.8, 4) is 11.8 Å². The number of nitrogens with one attached hydrogen (secondary N) is 2. The van der Waals surface area contributed by atoms with Crippen LogP contribution in [-0.2, 0) is 16.1 Å². The van der Waals surface area contributed by atoms with Gasteiger partial charge in [0, 0.05) is 17.3 Å². The van der Waals surface area contributed by atoms with Gasteiger partial charge in [-0.25, -0.2) is 0 Å². The minimum atomic E-state index is -0.699. The normalized spacial score (nSPS) is 11.1. The third-order valence-corrected chi connectivity index (χ3v) is 3.67. The molecule has 2 amide bonds. The zero-order chi connectivity index (χ0) is 18.9. The van der Waals surface area contributed by atoms with Crippen LogP contribution in [0.15, 0.2) is 48.5 Å². The Morgan fingerprint density at radius 2 is 1.96 bits per heavy atom. The summed E-state index contributed by atoms with van der Waals surface area (Å²) in [4.78, 5) is 23.6. The number of hydrogen-bond donors (Lipinski definition) is 2. The molecule has 0 bridgehead atoms. The van der Waals surface area contributed by atoms with Gasteiger partial charge in [-0.15, -0.1) is 0 Å². The second kappa shape index (κ2) is 9.44. The number of halogens is 1. The lowest BCUT2D eigenvalue weighted by atomic mass is 10.2. The minimum absolute atomic E-state index is 0.185. The predicted octanol–water partition coefficient (Wildman–Crippen LogP) is 3.28. The van der Waals surface area contributed by atoms with Gasteiger partial charge >= 0.3 is 0 Å². The molecule has 2 aromatic carbocycles. The smallest absolute Gasteiger partial charge is 0.265 e. The average molecular weight is 372 g/mol. The first-order chi connectivity index (χ1) is 12.5. The molecule has 0 radical (unpaired) electrons. The Labute approximate surface area is 156 Å². The average Bonchev–Trinajstić information content (AvgIpc) is 2.62. The van der Waals surface area contributed by atoms with Gasteiger partial charge in [-0.1, -0.05) is 23.7 Å². The first kappa shape index (κ1) is 19.3. The minimum Gasteiger partial charge on any atom is -0.481 e. The van der Waals surface area contributed by atoms with Gasteiger partial charge < -0.3 is 15.4 Å². The standard InChI is InChI=1S/C19H18ClN3O3/c1-13(26-17-7-5-15(20)6-8-17)19(25)23-16-4-2-3-14(11-16)12-22-18(24)9-10-21/h2-8,11,13H,9,12H2,1H3,(H,22,24)(H,23,25). The number of nitrogens with zero attached hydrogens (tertiary/aromatic N) is 1. The largest absolute Gasteiger partial charge is 0.481 e. The van der Waals surface area contributed by atoms with Crippen molar-refractivity contribution in [1.82, 2.24) is 5.32 Å². The molecule has 0 aliphatic heterocycles. The summed E-state index contributed by atoms with van der Waals surface area (Å²) in [6.45, 7) is 1.93. The molecule has 0 aromatic heterocycles. The van der Waals surface area contributed by atoms with E-state index in [0.717, 1.165) is 5.56 Å². The van der Waals surface area contributed by atoms with E-state index in [1.165, 1.54) is 0 Å². The summed E-state index contributed by atoms with van der Waals surface area (Å²) in [6.07, 6.45) is -0.883. The molecule has 1 atom stereocenters. The highest BCUT2D eigenvalue weighted by Gasteiger charge is 2.15. The lowest BCUT2D eigenvalue weighted by molar-refractivity contribution is -0.122. The fraction of sp³-hybridized carbons (Fsp3) is 0.211. The van der Waals surface area contributed by atoms with Gasteiger partial charge in [0.15, 0.2) is 6.10 Å². The van der Waals surface area contributed by atoms with Gasteiger partial charge in [-0.3, -0.25) is 9.59 Å². The van der Waals surface area contributed by atoms with E-state index in [2.05, 4.69) is 10.6 Å². The Morgan fingerprint density at radius 3 is 2.65 bits per heavy atom. The molecule has 6 nitrogen and oxygen atoms in total. The van der Waals surface area contributed by atoms with Crippen molar-refractivity contribution in [2.24, 2.45) is 0 Å². The topological polar surface area (TPSA) is 91.2 Å². The molecule has 7 heteroatoms. The Bertz CT molecular complexity index is 816. The fourth-order valence-corrected chi connectivity index (χ4v) is 2.23. The molecule has 26 heavy (non-hydrogen) atoms. The van der Waals surface area contributed by atoms with Gasteiger partial charge in [0.05, 0.1) is 6.07 Å². The lowest BCUT2D eigenvalue weighted by Crippen LogP contribution is -2.30. The van der Waals surface area contributed by atoms with Crippen molar-refractivity contribution >= 4 is 29.1 Å². The quantitative estimate of drug-likeness (QED) is 0.781. The first-order valence-corrected chi connectivity index (χ1v) is 8.31. The number of carbonyl (C=O) groups excluding carboxylic acids is 2. The highest BCUT2D eigenvalue weighted by Crippen LogP contribution is 2.17. The fourth-order valence-electron chi connectivity index (χ4n) is 2.11. The van der Waals surface area contributed by atoms with E-state index in [1.807, 2.05) is 6.07 Å². The maximum atomic E-state index is 12.3. The molecule has 2 aromatic rings. The molecular weight excluding hydrogens is 354 g/mol. The predicted molar refractivity (Wildman–Crippen MR) is 98.7 cm³/mol. The first-order valence-electron chi connectivity index (χ1n) is 7.93. The van der Waals surface area contributed by atoms with E-state index in [9.17, 15) is 9.59 Å². The molecule has 0 saturated carbocycles. The molecule has 0 spiro atoms. The summed E-state index contributed by atoms with van der Waals surface area (Å²) in [5.74, 6) is -0.0939. The third kappa shape index (κ3) is 6.11. The highest BCUT2D eigenvalue weighted by atomic mass is 35.5. The van der Waals surface area contributed by atoms with Crippen LogP contribution in [-0.4, -0.2) is 17.9 Å². The second-order valence-corrected chi connectivity index (χ2v) is 5.95. The summed E-state index contributed by atoms with van der Waals surface area (Å²) >= 11 is 5.82. The Kier molecular flexibility index (Phi) is 7.01. The van der Waals surface area contributed by atoms with E-state index < -0.39 is 6.10 Å². The molecule has 1 unspecified atom stereocenters. The monoisotopic (exact) mass is 371 g/mol. The van der Waals surface area contributed by atoms with Crippen LogP contribution in [0.3, 0.4) is 0 Å². The van der Waals surface area contributed by atoms with Crippen LogP contribution in [0, 0.1) is 11.3 Å². The summed E-state index contributed by atoms with van der Waals surface area (Å²) in [6, 6.07) is 15.6. The van der Waals surface area contributed by atoms with Crippen molar-refractivity contribution in [3.05, 3.63) is 59.1 Å². The van der Waals surface area contributed by atoms with Crippen LogP contribution < -0.4 is 15.4 Å². The number of anilines is 1. The number of amides is 2. The number of nitriles is 1. The molecule has 0 saturated heterocycles. The molecule has 0 fully saturated rings. The zero-order valence-corrected chi connectivity index (χ0v) is 14.9. The zero-order valence-electron chi connectivity index (χ0n) is 14.2. The number of carbonyl (C=O) groups is 2. The van der Waals surface area contributed by atoms with E-state index in [4.69, 9.17) is 21.6 Å². The van der Waals surface area contributed by atoms with Crippen LogP contribution in [0.1, 0.15) is 18.9 Å². The molecular formula is C19H18ClN3O3. The van der Waals surface area contributed by atoms with Gasteiger partial charge in [-0.2, -0.15) is 5.26 Å². The van der Waals surface area contributed by atoms with Crippen molar-refractivity contribution < 1.29 is 14.3 Å². The summed E-state index contributed by atoms with van der Waals surface area (Å²) in [5.41, 5.74) is 1.40. The SMILES string of the molecule is CC(Oc1ccc(Cl)cc1)C(=O)Nc1cccc(CNC(=O)CC#N)c1. The van der Waals surface area contributed by atoms with Crippen molar-refractivity contribution in [2.45, 2.75) is 26.0 Å². The van der Waals surface area contributed by atoms with Crippen LogP contribution in [0.2, 0.25) is 5.02 Å². The lowest BCUT2D eigenvalue weighted by Gasteiger charge is -2.15. The third-order valence-electron chi connectivity index (χ3n) is 3.42. The van der Waals surface area contributed by atoms with E-state index in [0.29, 0.717) is 16.5 Å². The summed E-state index contributed by atoms with van der Waals surface area (Å²) in [7, 11) is 0. The number of hydrogen-bond acceptors (Lipinski definition) is 4. The Morgan fingerprint density at radius 1 is 1.23 bits per heavy atom. The molecule has 0 aliphatic rings. The van der Waals surface area contributed by atoms with Crippen molar-refractivity contribution in [3.63, 3.8) is 0 Å². The van der Waals surface area contributed by atoms with Gasteiger partial charge in [0.1, 0.15) is 12.2 Å². The van der Waals surface area contributed by atoms with Crippen LogP contribution in [0.25, 0.3) is 0 Å². The summed E-state index contributed by atoms with van der Waals surface area (Å²) in [5, 5.41) is 14.5. The van der Waals surface area contributed by atoms with E-state index in [-0.39, 0.29) is 24.8 Å². The molecule has 0 heterocycles. The highest BCUT2D eigenvalue weighted by molar-refractivity contribution is 6.30. The van der Waals surface area contributed by atoms with Crippen LogP contribution in [0.4, 0.5) is 5.69 Å². The second-order valence-electron chi connectivity index (χ2n) is 5.52. The van der Waals surface area contributed by atoms with Crippen molar-refractivity contribution in [1.29, 1.82) is 5.26 Å². The van der Waals surface area contributed by atoms with Gasteiger partial charge in [0.25, 0.3) is 5.91 Å². The summed E-state index contributed by atoms with van der Waals surface area (Å²) < 4.78 is 5.58. The van der Waals surface area contributed by atoms with Gasteiger partial charge in [-0.05, 0) is 48.9 Å². The Hall–Kier alpha value is -3.04. The molecule has 0 aliphatic carbocycles. The van der Waals surface area contributed by atoms with E-state index >= 15 is 0 Å². The van der Waals surface area contributed by atoms with Crippen LogP contribution >= 0.6 is 11.6 Å². The van der Waals surface area contributed by atoms with E-state index in [1.54, 1.807) is 55.5 Å². The van der Waals surface area contributed by atoms with Crippen LogP contribution in [0.5, 0.6) is 5.75 Å².